The highest BCUT2D eigenvalue weighted by molar-refractivity contribution is 5.78. The van der Waals surface area contributed by atoms with Crippen molar-refractivity contribution >= 4 is 5.91 Å². The van der Waals surface area contributed by atoms with Gasteiger partial charge in [-0.2, -0.15) is 0 Å². The number of benzene rings is 1. The molecule has 7 heteroatoms. The highest BCUT2D eigenvalue weighted by atomic mass is 16.5. The number of carbonyl (C=O) groups excluding carboxylic acids is 1. The van der Waals surface area contributed by atoms with Crippen molar-refractivity contribution in [2.45, 2.75) is 19.5 Å². The van der Waals surface area contributed by atoms with E-state index in [4.69, 9.17) is 18.6 Å². The van der Waals surface area contributed by atoms with Crippen molar-refractivity contribution in [3.63, 3.8) is 0 Å². The molecule has 0 spiro atoms. The second-order valence-electron chi connectivity index (χ2n) is 5.43. The molecular formula is C18H24N2O5. The summed E-state index contributed by atoms with van der Waals surface area (Å²) in [4.78, 5) is 12.0. The normalized spacial score (nSPS) is 11.7. The largest absolute Gasteiger partial charge is 0.493 e. The van der Waals surface area contributed by atoms with E-state index in [1.54, 1.807) is 39.7 Å². The zero-order valence-electron chi connectivity index (χ0n) is 14.9. The number of ether oxygens (including phenoxy) is 3. The Labute approximate surface area is 147 Å². The Balaban J connectivity index is 1.90. The van der Waals surface area contributed by atoms with Crippen LogP contribution in [0, 0.1) is 0 Å². The van der Waals surface area contributed by atoms with Crippen LogP contribution in [0.5, 0.6) is 17.2 Å². The van der Waals surface area contributed by atoms with Gasteiger partial charge in [0.1, 0.15) is 5.76 Å². The fourth-order valence-electron chi connectivity index (χ4n) is 2.38. The van der Waals surface area contributed by atoms with Gasteiger partial charge in [0.05, 0.1) is 40.2 Å². The zero-order chi connectivity index (χ0) is 18.2. The third-order valence-electron chi connectivity index (χ3n) is 3.75. The number of rotatable bonds is 9. The van der Waals surface area contributed by atoms with Crippen LogP contribution in [-0.4, -0.2) is 33.8 Å². The molecule has 0 fully saturated rings. The zero-order valence-corrected chi connectivity index (χ0v) is 14.9. The van der Waals surface area contributed by atoms with Gasteiger partial charge in [-0.25, -0.2) is 0 Å². The van der Waals surface area contributed by atoms with Crippen molar-refractivity contribution in [2.75, 3.05) is 27.9 Å². The van der Waals surface area contributed by atoms with Gasteiger partial charge < -0.3 is 23.9 Å². The molecule has 0 bridgehead atoms. The lowest BCUT2D eigenvalue weighted by molar-refractivity contribution is -0.120. The average Bonchev–Trinajstić information content (AvgIpc) is 3.18. The van der Waals surface area contributed by atoms with Crippen LogP contribution < -0.4 is 24.8 Å². The first-order valence-corrected chi connectivity index (χ1v) is 7.91. The maximum atomic E-state index is 12.0. The van der Waals surface area contributed by atoms with Crippen LogP contribution in [0.3, 0.4) is 0 Å². The van der Waals surface area contributed by atoms with E-state index in [1.807, 2.05) is 19.1 Å². The minimum atomic E-state index is -0.118. The van der Waals surface area contributed by atoms with Crippen molar-refractivity contribution in [3.8, 4) is 17.2 Å². The number of carbonyl (C=O) groups is 1. The van der Waals surface area contributed by atoms with Gasteiger partial charge in [-0.3, -0.25) is 10.1 Å². The number of amides is 1. The number of methoxy groups -OCH3 is 3. The topological polar surface area (TPSA) is 82.0 Å². The quantitative estimate of drug-likeness (QED) is 0.723. The molecule has 0 unspecified atom stereocenters. The molecular weight excluding hydrogens is 324 g/mol. The first kappa shape index (κ1) is 18.7. The van der Waals surface area contributed by atoms with E-state index in [-0.39, 0.29) is 18.5 Å². The number of hydrogen-bond acceptors (Lipinski definition) is 6. The first-order valence-electron chi connectivity index (χ1n) is 7.91. The van der Waals surface area contributed by atoms with E-state index in [1.165, 1.54) is 0 Å². The molecule has 0 aliphatic carbocycles. The summed E-state index contributed by atoms with van der Waals surface area (Å²) in [5.41, 5.74) is 0.849. The van der Waals surface area contributed by atoms with Gasteiger partial charge in [-0.15, -0.1) is 0 Å². The van der Waals surface area contributed by atoms with Crippen LogP contribution in [0.2, 0.25) is 0 Å². The molecule has 0 saturated heterocycles. The molecule has 0 aliphatic heterocycles. The number of furan rings is 1. The first-order chi connectivity index (χ1) is 12.1. The Hall–Kier alpha value is -2.67. The minimum Gasteiger partial charge on any atom is -0.493 e. The Morgan fingerprint density at radius 2 is 1.84 bits per heavy atom. The van der Waals surface area contributed by atoms with Gasteiger partial charge in [0.2, 0.25) is 11.7 Å². The van der Waals surface area contributed by atoms with Crippen LogP contribution in [0.15, 0.2) is 34.9 Å². The van der Waals surface area contributed by atoms with Crippen molar-refractivity contribution in [3.05, 3.63) is 41.9 Å². The molecule has 2 N–H and O–H groups in total. The average molecular weight is 348 g/mol. The SMILES string of the molecule is COc1cc(CNC(=O)CN[C@H](C)c2ccco2)cc(OC)c1OC. The monoisotopic (exact) mass is 348 g/mol. The standard InChI is InChI=1S/C18H24N2O5/c1-12(14-6-5-7-25-14)19-11-17(21)20-10-13-8-15(22-2)18(24-4)16(9-13)23-3/h5-9,12,19H,10-11H2,1-4H3,(H,20,21)/t12-/m1/s1. The summed E-state index contributed by atoms with van der Waals surface area (Å²) >= 11 is 0. The molecule has 25 heavy (non-hydrogen) atoms. The maximum Gasteiger partial charge on any atom is 0.234 e. The minimum absolute atomic E-state index is 0.0399. The molecule has 1 atom stereocenters. The maximum absolute atomic E-state index is 12.0. The third kappa shape index (κ3) is 4.90. The molecule has 1 aromatic heterocycles. The summed E-state index contributed by atoms with van der Waals surface area (Å²) in [6.45, 7) is 2.48. The van der Waals surface area contributed by atoms with Crippen LogP contribution in [0.25, 0.3) is 0 Å². The van der Waals surface area contributed by atoms with Crippen molar-refractivity contribution in [2.24, 2.45) is 0 Å². The molecule has 2 aromatic rings. The predicted molar refractivity (Wildman–Crippen MR) is 93.1 cm³/mol. The summed E-state index contributed by atoms with van der Waals surface area (Å²) in [6, 6.07) is 7.26. The lowest BCUT2D eigenvalue weighted by atomic mass is 10.1. The molecule has 0 aliphatic rings. The number of nitrogens with one attached hydrogen (secondary N) is 2. The summed E-state index contributed by atoms with van der Waals surface area (Å²) in [5, 5.41) is 5.96. The molecule has 0 saturated carbocycles. The smallest absolute Gasteiger partial charge is 0.234 e. The molecule has 2 rings (SSSR count). The lowest BCUT2D eigenvalue weighted by Gasteiger charge is -2.15. The van der Waals surface area contributed by atoms with Gasteiger partial charge in [0.15, 0.2) is 11.5 Å². The van der Waals surface area contributed by atoms with Crippen LogP contribution in [0.4, 0.5) is 0 Å². The summed E-state index contributed by atoms with van der Waals surface area (Å²) < 4.78 is 21.2. The van der Waals surface area contributed by atoms with E-state index >= 15 is 0 Å². The van der Waals surface area contributed by atoms with Gasteiger partial charge >= 0.3 is 0 Å². The van der Waals surface area contributed by atoms with Crippen molar-refractivity contribution in [1.29, 1.82) is 0 Å². The second kappa shape index (κ2) is 8.98. The summed E-state index contributed by atoms with van der Waals surface area (Å²) in [6.07, 6.45) is 1.61. The molecule has 136 valence electrons. The Kier molecular flexibility index (Phi) is 6.71. The summed E-state index contributed by atoms with van der Waals surface area (Å²) in [7, 11) is 4.66. The molecule has 1 amide bonds. The van der Waals surface area contributed by atoms with Gasteiger partial charge in [0.25, 0.3) is 0 Å². The molecule has 1 heterocycles. The van der Waals surface area contributed by atoms with Crippen molar-refractivity contribution in [1.82, 2.24) is 10.6 Å². The highest BCUT2D eigenvalue weighted by Gasteiger charge is 2.14. The van der Waals surface area contributed by atoms with Crippen molar-refractivity contribution < 1.29 is 23.4 Å². The predicted octanol–water partition coefficient (Wildman–Crippen LogP) is 2.27. The molecule has 1 aromatic carbocycles. The van der Waals surface area contributed by atoms with E-state index in [0.717, 1.165) is 11.3 Å². The fraction of sp³-hybridized carbons (Fsp3) is 0.389. The van der Waals surface area contributed by atoms with Gasteiger partial charge in [0, 0.05) is 6.54 Å². The fourth-order valence-corrected chi connectivity index (χ4v) is 2.38. The van der Waals surface area contributed by atoms with E-state index in [9.17, 15) is 4.79 Å². The lowest BCUT2D eigenvalue weighted by Crippen LogP contribution is -2.34. The van der Waals surface area contributed by atoms with Crippen LogP contribution >= 0.6 is 0 Å². The van der Waals surface area contributed by atoms with Gasteiger partial charge in [-0.1, -0.05) is 0 Å². The Bertz CT molecular complexity index is 660. The highest BCUT2D eigenvalue weighted by Crippen LogP contribution is 2.38. The summed E-state index contributed by atoms with van der Waals surface area (Å²) in [5.74, 6) is 2.30. The second-order valence-corrected chi connectivity index (χ2v) is 5.43. The molecule has 0 radical (unpaired) electrons. The molecule has 7 nitrogen and oxygen atoms in total. The van der Waals surface area contributed by atoms with Gasteiger partial charge in [-0.05, 0) is 36.8 Å². The van der Waals surface area contributed by atoms with E-state index in [2.05, 4.69) is 10.6 Å². The Morgan fingerprint density at radius 3 is 2.36 bits per heavy atom. The van der Waals surface area contributed by atoms with Crippen LogP contribution in [-0.2, 0) is 11.3 Å². The number of hydrogen-bond donors (Lipinski definition) is 2. The van der Waals surface area contributed by atoms with E-state index < -0.39 is 0 Å². The van der Waals surface area contributed by atoms with Crippen LogP contribution in [0.1, 0.15) is 24.3 Å². The Morgan fingerprint density at radius 1 is 1.16 bits per heavy atom. The van der Waals surface area contributed by atoms with E-state index in [0.29, 0.717) is 23.8 Å². The third-order valence-corrected chi connectivity index (χ3v) is 3.75.